The van der Waals surface area contributed by atoms with Gasteiger partial charge in [-0.25, -0.2) is 0 Å². The van der Waals surface area contributed by atoms with Crippen LogP contribution in [0.3, 0.4) is 0 Å². The van der Waals surface area contributed by atoms with E-state index in [0.717, 1.165) is 41.0 Å². The van der Waals surface area contributed by atoms with Crippen molar-refractivity contribution in [3.8, 4) is 5.75 Å². The van der Waals surface area contributed by atoms with E-state index < -0.39 is 6.04 Å². The van der Waals surface area contributed by atoms with E-state index in [1.807, 2.05) is 24.3 Å². The quantitative estimate of drug-likeness (QED) is 0.737. The highest BCUT2D eigenvalue weighted by Crippen LogP contribution is 2.42. The summed E-state index contributed by atoms with van der Waals surface area (Å²) in [4.78, 5) is 12.8. The van der Waals surface area contributed by atoms with Gasteiger partial charge in [0.15, 0.2) is 5.78 Å². The van der Waals surface area contributed by atoms with Crippen LogP contribution in [0, 0.1) is 6.92 Å². The Labute approximate surface area is 168 Å². The van der Waals surface area contributed by atoms with Crippen molar-refractivity contribution in [3.05, 3.63) is 76.5 Å². The summed E-state index contributed by atoms with van der Waals surface area (Å²) < 4.78 is 7.86. The number of ketones is 1. The molecule has 0 fully saturated rings. The number of aryl methyl sites for hydroxylation is 1. The van der Waals surface area contributed by atoms with Gasteiger partial charge in [-0.05, 0) is 41.8 Å². The number of aromatic nitrogens is 4. The molecular weight excluding hydrogens is 366 g/mol. The minimum absolute atomic E-state index is 0.137. The number of allylic oxidation sites excluding steroid dienone is 2. The van der Waals surface area contributed by atoms with Gasteiger partial charge in [-0.15, -0.1) is 0 Å². The molecule has 1 unspecified atom stereocenters. The number of ether oxygens (including phenoxy) is 1. The first kappa shape index (κ1) is 17.6. The fraction of sp³-hybridized carbons (Fsp3) is 0.273. The standard InChI is InChI=1S/C22H21N5O2/c1-14-9-11-15(12-10-14)13-29-19-8-3-2-5-16(19)21-20-17(6-4-7-18(20)28)23-22-24-25-26-27(21)22/h2-3,5,8-12,21H,4,6-7,13H2,1H3,(H,23,24,26). The Morgan fingerprint density at radius 1 is 1.14 bits per heavy atom. The Morgan fingerprint density at radius 2 is 1.97 bits per heavy atom. The number of nitrogens with one attached hydrogen (secondary N) is 1. The van der Waals surface area contributed by atoms with E-state index in [4.69, 9.17) is 4.74 Å². The second-order valence-electron chi connectivity index (χ2n) is 7.46. The number of hydrogen-bond donors (Lipinski definition) is 1. The summed E-state index contributed by atoms with van der Waals surface area (Å²) >= 11 is 0. The SMILES string of the molecule is Cc1ccc(COc2ccccc2C2C3=C(CCCC3=O)Nc3nnnn32)cc1. The normalized spacial score (nSPS) is 18.1. The second kappa shape index (κ2) is 7.16. The lowest BCUT2D eigenvalue weighted by Gasteiger charge is -2.32. The van der Waals surface area contributed by atoms with Gasteiger partial charge in [0.05, 0.1) is 0 Å². The number of carbonyl (C=O) groups is 1. The Balaban J connectivity index is 1.54. The minimum atomic E-state index is -0.390. The van der Waals surface area contributed by atoms with Gasteiger partial charge in [-0.1, -0.05) is 53.1 Å². The van der Waals surface area contributed by atoms with E-state index in [1.54, 1.807) is 4.68 Å². The zero-order valence-electron chi connectivity index (χ0n) is 16.1. The Bertz CT molecular complexity index is 1100. The maximum Gasteiger partial charge on any atom is 0.248 e. The minimum Gasteiger partial charge on any atom is -0.489 e. The average Bonchev–Trinajstić information content (AvgIpc) is 3.21. The molecule has 146 valence electrons. The molecule has 7 nitrogen and oxygen atoms in total. The zero-order chi connectivity index (χ0) is 19.8. The van der Waals surface area contributed by atoms with Gasteiger partial charge < -0.3 is 10.1 Å². The molecule has 0 spiro atoms. The number of carbonyl (C=O) groups excluding carboxylic acids is 1. The van der Waals surface area contributed by atoms with E-state index in [1.165, 1.54) is 5.56 Å². The third-order valence-corrected chi connectivity index (χ3v) is 5.46. The van der Waals surface area contributed by atoms with Crippen LogP contribution in [-0.4, -0.2) is 26.0 Å². The first-order chi connectivity index (χ1) is 14.2. The predicted molar refractivity (Wildman–Crippen MR) is 107 cm³/mol. The highest BCUT2D eigenvalue weighted by atomic mass is 16.5. The Morgan fingerprint density at radius 3 is 2.83 bits per heavy atom. The third kappa shape index (κ3) is 3.18. The molecule has 1 N–H and O–H groups in total. The molecule has 1 aliphatic carbocycles. The number of rotatable bonds is 4. The maximum absolute atomic E-state index is 12.8. The van der Waals surface area contributed by atoms with Crippen LogP contribution in [0.2, 0.25) is 0 Å². The molecule has 0 amide bonds. The molecule has 0 radical (unpaired) electrons. The largest absolute Gasteiger partial charge is 0.489 e. The van der Waals surface area contributed by atoms with E-state index in [2.05, 4.69) is 52.0 Å². The van der Waals surface area contributed by atoms with Crippen LogP contribution in [-0.2, 0) is 11.4 Å². The molecule has 1 atom stereocenters. The van der Waals surface area contributed by atoms with Gasteiger partial charge in [-0.2, -0.15) is 4.68 Å². The average molecular weight is 387 g/mol. The fourth-order valence-electron chi connectivity index (χ4n) is 3.99. The van der Waals surface area contributed by atoms with Crippen LogP contribution < -0.4 is 10.1 Å². The smallest absolute Gasteiger partial charge is 0.248 e. The van der Waals surface area contributed by atoms with Crippen LogP contribution in [0.5, 0.6) is 5.75 Å². The van der Waals surface area contributed by atoms with Crippen molar-refractivity contribution in [2.45, 2.75) is 38.8 Å². The summed E-state index contributed by atoms with van der Waals surface area (Å²) in [6.07, 6.45) is 2.20. The highest BCUT2D eigenvalue weighted by molar-refractivity contribution is 5.99. The molecule has 7 heteroatoms. The van der Waals surface area contributed by atoms with Crippen molar-refractivity contribution < 1.29 is 9.53 Å². The fourth-order valence-corrected chi connectivity index (χ4v) is 3.99. The number of nitrogens with zero attached hydrogens (tertiary/aromatic N) is 4. The molecule has 2 aromatic carbocycles. The van der Waals surface area contributed by atoms with Crippen LogP contribution in [0.4, 0.5) is 5.95 Å². The van der Waals surface area contributed by atoms with E-state index in [0.29, 0.717) is 19.0 Å². The molecule has 0 saturated heterocycles. The first-order valence-corrected chi connectivity index (χ1v) is 9.79. The number of Topliss-reactive ketones (excluding diaryl/α,β-unsaturated/α-hetero) is 1. The topological polar surface area (TPSA) is 81.9 Å². The molecule has 3 aromatic rings. The Hall–Kier alpha value is -3.48. The zero-order valence-corrected chi connectivity index (χ0v) is 16.1. The number of anilines is 1. The molecule has 1 aromatic heterocycles. The monoisotopic (exact) mass is 387 g/mol. The van der Waals surface area contributed by atoms with E-state index >= 15 is 0 Å². The van der Waals surface area contributed by atoms with Crippen molar-refractivity contribution in [1.29, 1.82) is 0 Å². The number of para-hydroxylation sites is 1. The first-order valence-electron chi connectivity index (χ1n) is 9.79. The van der Waals surface area contributed by atoms with Crippen molar-refractivity contribution in [1.82, 2.24) is 20.2 Å². The van der Waals surface area contributed by atoms with Crippen molar-refractivity contribution in [3.63, 3.8) is 0 Å². The van der Waals surface area contributed by atoms with Crippen LogP contribution in [0.25, 0.3) is 0 Å². The van der Waals surface area contributed by atoms with Crippen LogP contribution in [0.1, 0.15) is 42.0 Å². The molecule has 2 aliphatic rings. The summed E-state index contributed by atoms with van der Waals surface area (Å²) in [6, 6.07) is 15.7. The predicted octanol–water partition coefficient (Wildman–Crippen LogP) is 3.58. The molecule has 29 heavy (non-hydrogen) atoms. The van der Waals surface area contributed by atoms with Gasteiger partial charge in [0.25, 0.3) is 0 Å². The summed E-state index contributed by atoms with van der Waals surface area (Å²) in [5, 5.41) is 15.3. The lowest BCUT2D eigenvalue weighted by atomic mass is 9.85. The summed E-state index contributed by atoms with van der Waals surface area (Å²) in [7, 11) is 0. The van der Waals surface area contributed by atoms with Gasteiger partial charge in [-0.3, -0.25) is 4.79 Å². The summed E-state index contributed by atoms with van der Waals surface area (Å²) in [5.74, 6) is 1.42. The molecular formula is C22H21N5O2. The molecule has 5 rings (SSSR count). The summed E-state index contributed by atoms with van der Waals surface area (Å²) in [6.45, 7) is 2.51. The summed E-state index contributed by atoms with van der Waals surface area (Å²) in [5.41, 5.74) is 4.85. The van der Waals surface area contributed by atoms with Crippen molar-refractivity contribution in [2.75, 3.05) is 5.32 Å². The molecule has 0 saturated carbocycles. The van der Waals surface area contributed by atoms with Crippen LogP contribution in [0.15, 0.2) is 59.8 Å². The van der Waals surface area contributed by atoms with E-state index in [9.17, 15) is 4.79 Å². The number of tetrazole rings is 1. The molecule has 2 heterocycles. The Kier molecular flexibility index (Phi) is 4.35. The van der Waals surface area contributed by atoms with Gasteiger partial charge in [0, 0.05) is 23.3 Å². The number of hydrogen-bond acceptors (Lipinski definition) is 6. The van der Waals surface area contributed by atoms with Crippen LogP contribution >= 0.6 is 0 Å². The molecule has 0 bridgehead atoms. The highest BCUT2D eigenvalue weighted by Gasteiger charge is 2.37. The van der Waals surface area contributed by atoms with Gasteiger partial charge in [0.2, 0.25) is 5.95 Å². The lowest BCUT2D eigenvalue weighted by Crippen LogP contribution is -2.31. The molecule has 1 aliphatic heterocycles. The maximum atomic E-state index is 12.8. The van der Waals surface area contributed by atoms with E-state index in [-0.39, 0.29) is 5.78 Å². The number of fused-ring (bicyclic) bond motifs is 1. The lowest BCUT2D eigenvalue weighted by molar-refractivity contribution is -0.116. The third-order valence-electron chi connectivity index (χ3n) is 5.46. The second-order valence-corrected chi connectivity index (χ2v) is 7.46. The van der Waals surface area contributed by atoms with Crippen molar-refractivity contribution >= 4 is 11.7 Å². The number of benzene rings is 2. The van der Waals surface area contributed by atoms with Crippen molar-refractivity contribution in [2.24, 2.45) is 0 Å². The van der Waals surface area contributed by atoms with Gasteiger partial charge >= 0.3 is 0 Å². The van der Waals surface area contributed by atoms with Gasteiger partial charge in [0.1, 0.15) is 18.4 Å².